The van der Waals surface area contributed by atoms with E-state index in [0.717, 1.165) is 18.4 Å². The summed E-state index contributed by atoms with van der Waals surface area (Å²) >= 11 is 0. The molecule has 0 saturated heterocycles. The van der Waals surface area contributed by atoms with E-state index in [0.29, 0.717) is 17.2 Å². The summed E-state index contributed by atoms with van der Waals surface area (Å²) in [5, 5.41) is 0. The van der Waals surface area contributed by atoms with Crippen molar-refractivity contribution in [2.24, 2.45) is 0 Å². The first-order chi connectivity index (χ1) is 13.6. The van der Waals surface area contributed by atoms with Crippen LogP contribution >= 0.6 is 8.25 Å². The Hall–Kier alpha value is -2.01. The fourth-order valence-electron chi connectivity index (χ4n) is 2.70. The predicted molar refractivity (Wildman–Crippen MR) is 114 cm³/mol. The quantitative estimate of drug-likeness (QED) is 0.468. The SMILES string of the molecule is CCC(C)(C)Oc1cccc(Oc2cccc(C(C)(CC)OC)c2)c1O[PH](=O)O. The Bertz CT molecular complexity index is 845. The minimum Gasteiger partial charge on any atom is -0.484 e. The first kappa shape index (κ1) is 23.3. The molecule has 0 radical (unpaired) electrons. The van der Waals surface area contributed by atoms with Gasteiger partial charge in [-0.15, -0.1) is 0 Å². The summed E-state index contributed by atoms with van der Waals surface area (Å²) in [6.07, 6.45) is 1.55. The number of methoxy groups -OCH3 is 1. The van der Waals surface area contributed by atoms with Crippen LogP contribution in [0.2, 0.25) is 0 Å². The number of ether oxygens (including phenoxy) is 3. The van der Waals surface area contributed by atoms with Crippen LogP contribution in [-0.4, -0.2) is 17.6 Å². The second-order valence-electron chi connectivity index (χ2n) is 7.59. The number of hydrogen-bond donors (Lipinski definition) is 1. The van der Waals surface area contributed by atoms with Gasteiger partial charge in [-0.3, -0.25) is 0 Å². The Morgan fingerprint density at radius 1 is 1.00 bits per heavy atom. The summed E-state index contributed by atoms with van der Waals surface area (Å²) in [7, 11) is -1.57. The number of hydrogen-bond acceptors (Lipinski definition) is 5. The summed E-state index contributed by atoms with van der Waals surface area (Å²) in [5.41, 5.74) is 0.0618. The third kappa shape index (κ3) is 5.99. The maximum absolute atomic E-state index is 11.5. The Labute approximate surface area is 173 Å². The first-order valence-electron chi connectivity index (χ1n) is 9.70. The van der Waals surface area contributed by atoms with Crippen LogP contribution in [0, 0.1) is 0 Å². The van der Waals surface area contributed by atoms with E-state index in [1.807, 2.05) is 52.0 Å². The van der Waals surface area contributed by atoms with Gasteiger partial charge in [0.2, 0.25) is 5.75 Å². The number of para-hydroxylation sites is 1. The van der Waals surface area contributed by atoms with Crippen LogP contribution in [0.3, 0.4) is 0 Å². The molecule has 6 nitrogen and oxygen atoms in total. The summed E-state index contributed by atoms with van der Waals surface area (Å²) in [5.74, 6) is 1.33. The van der Waals surface area contributed by atoms with Crippen molar-refractivity contribution >= 4 is 8.25 Å². The van der Waals surface area contributed by atoms with Gasteiger partial charge >= 0.3 is 8.25 Å². The van der Waals surface area contributed by atoms with Crippen LogP contribution < -0.4 is 14.0 Å². The number of benzene rings is 2. The Morgan fingerprint density at radius 2 is 1.66 bits per heavy atom. The van der Waals surface area contributed by atoms with E-state index in [4.69, 9.17) is 18.7 Å². The molecule has 1 N–H and O–H groups in total. The van der Waals surface area contributed by atoms with Gasteiger partial charge in [-0.25, -0.2) is 4.57 Å². The van der Waals surface area contributed by atoms with Crippen molar-refractivity contribution in [3.8, 4) is 23.0 Å². The minimum absolute atomic E-state index is 0.107. The minimum atomic E-state index is -3.25. The smallest absolute Gasteiger partial charge is 0.365 e. The van der Waals surface area contributed by atoms with Crippen molar-refractivity contribution < 1.29 is 28.2 Å². The van der Waals surface area contributed by atoms with Gasteiger partial charge in [0, 0.05) is 7.11 Å². The van der Waals surface area contributed by atoms with Crippen LogP contribution in [0.1, 0.15) is 53.0 Å². The van der Waals surface area contributed by atoms with Crippen molar-refractivity contribution in [3.05, 3.63) is 48.0 Å². The van der Waals surface area contributed by atoms with Gasteiger partial charge in [-0.2, -0.15) is 0 Å². The van der Waals surface area contributed by atoms with E-state index in [9.17, 15) is 9.46 Å². The second kappa shape index (κ2) is 9.66. The molecule has 2 unspecified atom stereocenters. The molecular formula is C22H31O6P. The maximum atomic E-state index is 11.5. The van der Waals surface area contributed by atoms with Crippen LogP contribution in [0.4, 0.5) is 0 Å². The average molecular weight is 422 g/mol. The van der Waals surface area contributed by atoms with Gasteiger partial charge in [0.25, 0.3) is 0 Å². The monoisotopic (exact) mass is 422 g/mol. The molecular weight excluding hydrogens is 391 g/mol. The van der Waals surface area contributed by atoms with E-state index in [1.165, 1.54) is 0 Å². The highest BCUT2D eigenvalue weighted by molar-refractivity contribution is 7.32. The van der Waals surface area contributed by atoms with Crippen molar-refractivity contribution in [1.82, 2.24) is 0 Å². The molecule has 0 bridgehead atoms. The van der Waals surface area contributed by atoms with Gasteiger partial charge in [0.1, 0.15) is 11.4 Å². The van der Waals surface area contributed by atoms with Crippen molar-refractivity contribution in [3.63, 3.8) is 0 Å². The highest BCUT2D eigenvalue weighted by Gasteiger charge is 2.25. The summed E-state index contributed by atoms with van der Waals surface area (Å²) in [6.45, 7) is 9.94. The second-order valence-corrected chi connectivity index (χ2v) is 8.32. The Kier molecular flexibility index (Phi) is 7.75. The zero-order valence-corrected chi connectivity index (χ0v) is 18.9. The molecule has 0 aliphatic heterocycles. The largest absolute Gasteiger partial charge is 0.484 e. The standard InChI is InChI=1S/C22H31O6P/c1-7-21(3,4)27-19-14-10-13-18(20(19)28-29(23)24)26-17-12-9-11-16(15-17)22(5,8-2)25-6/h9-15,29H,7-8H2,1-6H3,(H,23,24). The Balaban J connectivity index is 2.44. The van der Waals surface area contributed by atoms with Crippen molar-refractivity contribution in [2.45, 2.75) is 58.7 Å². The third-order valence-electron chi connectivity index (χ3n) is 5.17. The summed E-state index contributed by atoms with van der Waals surface area (Å²) in [6, 6.07) is 12.7. The molecule has 0 fully saturated rings. The highest BCUT2D eigenvalue weighted by atomic mass is 31.1. The zero-order valence-electron chi connectivity index (χ0n) is 17.9. The van der Waals surface area contributed by atoms with E-state index in [1.54, 1.807) is 25.3 Å². The molecule has 0 aliphatic carbocycles. The lowest BCUT2D eigenvalue weighted by atomic mass is 9.93. The topological polar surface area (TPSA) is 74.2 Å². The molecule has 2 rings (SSSR count). The van der Waals surface area contributed by atoms with E-state index < -0.39 is 19.5 Å². The van der Waals surface area contributed by atoms with Gasteiger partial charge < -0.3 is 23.6 Å². The molecule has 7 heteroatoms. The molecule has 2 aromatic carbocycles. The molecule has 160 valence electrons. The normalized spacial score (nSPS) is 14.7. The van der Waals surface area contributed by atoms with E-state index in [2.05, 4.69) is 6.92 Å². The van der Waals surface area contributed by atoms with Gasteiger partial charge in [0.05, 0.1) is 5.60 Å². The molecule has 2 atom stereocenters. The van der Waals surface area contributed by atoms with Crippen LogP contribution in [-0.2, 0) is 14.9 Å². The molecule has 0 spiro atoms. The first-order valence-corrected chi connectivity index (χ1v) is 11.0. The summed E-state index contributed by atoms with van der Waals surface area (Å²) < 4.78 is 34.4. The molecule has 0 saturated carbocycles. The van der Waals surface area contributed by atoms with Crippen LogP contribution in [0.25, 0.3) is 0 Å². The fraction of sp³-hybridized carbons (Fsp3) is 0.455. The fourth-order valence-corrected chi connectivity index (χ4v) is 3.07. The molecule has 2 aromatic rings. The van der Waals surface area contributed by atoms with Crippen LogP contribution in [0.15, 0.2) is 42.5 Å². The van der Waals surface area contributed by atoms with Crippen LogP contribution in [0.5, 0.6) is 23.0 Å². The summed E-state index contributed by atoms with van der Waals surface area (Å²) in [4.78, 5) is 9.39. The molecule has 0 heterocycles. The van der Waals surface area contributed by atoms with Gasteiger partial charge in [-0.1, -0.05) is 32.0 Å². The van der Waals surface area contributed by atoms with Gasteiger partial charge in [-0.05, 0) is 63.4 Å². The van der Waals surface area contributed by atoms with E-state index in [-0.39, 0.29) is 5.75 Å². The van der Waals surface area contributed by atoms with Gasteiger partial charge in [0.15, 0.2) is 11.5 Å². The lowest BCUT2D eigenvalue weighted by molar-refractivity contribution is -0.00152. The molecule has 0 aromatic heterocycles. The van der Waals surface area contributed by atoms with E-state index >= 15 is 0 Å². The molecule has 0 amide bonds. The lowest BCUT2D eigenvalue weighted by Gasteiger charge is -2.28. The highest BCUT2D eigenvalue weighted by Crippen LogP contribution is 2.45. The molecule has 0 aliphatic rings. The van der Waals surface area contributed by atoms with Crippen molar-refractivity contribution in [2.75, 3.05) is 7.11 Å². The predicted octanol–water partition coefficient (Wildman–Crippen LogP) is 6.08. The average Bonchev–Trinajstić information content (AvgIpc) is 2.69. The number of rotatable bonds is 10. The van der Waals surface area contributed by atoms with Crippen molar-refractivity contribution in [1.29, 1.82) is 0 Å². The maximum Gasteiger partial charge on any atom is 0.365 e. The third-order valence-corrected chi connectivity index (χ3v) is 5.55. The zero-order chi connectivity index (χ0) is 21.7. The molecule has 29 heavy (non-hydrogen) atoms. The lowest BCUT2D eigenvalue weighted by Crippen LogP contribution is -2.27. The Morgan fingerprint density at radius 3 is 2.24 bits per heavy atom.